The Hall–Kier alpha value is -2.94. The number of hydrogen-bond donors (Lipinski definition) is 2. The Kier molecular flexibility index (Phi) is 6.64. The molecule has 168 valence electrons. The zero-order valence-electron chi connectivity index (χ0n) is 18.8. The molecule has 1 aliphatic heterocycles. The van der Waals surface area contributed by atoms with Crippen LogP contribution in [0.5, 0.6) is 0 Å². The van der Waals surface area contributed by atoms with Gasteiger partial charge in [0, 0.05) is 32.7 Å². The lowest BCUT2D eigenvalue weighted by atomic mass is 9.85. The number of aliphatic hydroxyl groups excluding tert-OH is 1. The van der Waals surface area contributed by atoms with Gasteiger partial charge >= 0.3 is 0 Å². The molecular weight excluding hydrogens is 396 g/mol. The lowest BCUT2D eigenvalue weighted by Crippen LogP contribution is -2.49. The summed E-state index contributed by atoms with van der Waals surface area (Å²) in [7, 11) is 3.50. The summed E-state index contributed by atoms with van der Waals surface area (Å²) in [4.78, 5) is 29.4. The quantitative estimate of drug-likeness (QED) is 0.717. The molecule has 31 heavy (non-hydrogen) atoms. The van der Waals surface area contributed by atoms with Crippen LogP contribution in [0.4, 0.5) is 5.69 Å². The highest BCUT2D eigenvalue weighted by Crippen LogP contribution is 2.34. The summed E-state index contributed by atoms with van der Waals surface area (Å²) in [5.41, 5.74) is 1.31. The summed E-state index contributed by atoms with van der Waals surface area (Å²) in [6.45, 7) is 6.53. The Morgan fingerprint density at radius 1 is 1.29 bits per heavy atom. The van der Waals surface area contributed by atoms with Gasteiger partial charge in [0.15, 0.2) is 0 Å². The van der Waals surface area contributed by atoms with E-state index in [0.717, 1.165) is 11.4 Å². The lowest BCUT2D eigenvalue weighted by molar-refractivity contribution is -0.144. The number of hydrogen-bond acceptors (Lipinski definition) is 6. The molecule has 2 N–H and O–H groups in total. The molecule has 2 unspecified atom stereocenters. The van der Waals surface area contributed by atoms with Crippen LogP contribution in [0.25, 0.3) is 0 Å². The zero-order chi connectivity index (χ0) is 22.8. The molecule has 3 rings (SSSR count). The fourth-order valence-electron chi connectivity index (χ4n) is 4.04. The SMILES string of the molecule is CNC(=O)C1CC(O)CN1C(=O)[C@@H](n1cc(CN(C)c2ccccc2)nn1)C(C)(C)C. The van der Waals surface area contributed by atoms with Crippen molar-refractivity contribution in [3.05, 3.63) is 42.2 Å². The van der Waals surface area contributed by atoms with Crippen molar-refractivity contribution in [3.8, 4) is 0 Å². The Labute approximate surface area is 183 Å². The van der Waals surface area contributed by atoms with Gasteiger partial charge in [-0.25, -0.2) is 4.68 Å². The first kappa shape index (κ1) is 22.7. The monoisotopic (exact) mass is 428 g/mol. The van der Waals surface area contributed by atoms with Crippen LogP contribution >= 0.6 is 0 Å². The third-order valence-corrected chi connectivity index (χ3v) is 5.58. The van der Waals surface area contributed by atoms with Crippen molar-refractivity contribution < 1.29 is 14.7 Å². The highest BCUT2D eigenvalue weighted by Gasteiger charge is 2.45. The highest BCUT2D eigenvalue weighted by atomic mass is 16.3. The summed E-state index contributed by atoms with van der Waals surface area (Å²) < 4.78 is 1.59. The molecule has 2 aromatic rings. The van der Waals surface area contributed by atoms with E-state index in [4.69, 9.17) is 0 Å². The third-order valence-electron chi connectivity index (χ3n) is 5.58. The second kappa shape index (κ2) is 9.05. The van der Waals surface area contributed by atoms with Crippen LogP contribution in [0.15, 0.2) is 36.5 Å². The molecule has 1 saturated heterocycles. The van der Waals surface area contributed by atoms with E-state index >= 15 is 0 Å². The van der Waals surface area contributed by atoms with Crippen molar-refractivity contribution >= 4 is 17.5 Å². The van der Waals surface area contributed by atoms with Crippen molar-refractivity contribution in [3.63, 3.8) is 0 Å². The van der Waals surface area contributed by atoms with Gasteiger partial charge in [-0.15, -0.1) is 5.10 Å². The third kappa shape index (κ3) is 5.04. The fourth-order valence-corrected chi connectivity index (χ4v) is 4.04. The number of carbonyl (C=O) groups is 2. The van der Waals surface area contributed by atoms with Gasteiger partial charge in [0.25, 0.3) is 0 Å². The summed E-state index contributed by atoms with van der Waals surface area (Å²) in [5, 5.41) is 21.2. The molecule has 0 bridgehead atoms. The summed E-state index contributed by atoms with van der Waals surface area (Å²) in [6, 6.07) is 8.61. The molecule has 0 radical (unpaired) electrons. The average molecular weight is 429 g/mol. The van der Waals surface area contributed by atoms with Gasteiger partial charge < -0.3 is 20.2 Å². The standard InChI is InChI=1S/C22H32N6O3/c1-22(2,3)19(21(31)27-14-17(29)11-18(27)20(30)23-4)28-13-15(24-25-28)12-26(5)16-9-7-6-8-10-16/h6-10,13,17-19,29H,11-12,14H2,1-5H3,(H,23,30)/t17?,18?,19-/m1/s1. The molecule has 2 heterocycles. The van der Waals surface area contributed by atoms with Crippen molar-refractivity contribution in [2.24, 2.45) is 5.41 Å². The predicted octanol–water partition coefficient (Wildman–Crippen LogP) is 1.21. The Morgan fingerprint density at radius 3 is 2.58 bits per heavy atom. The maximum Gasteiger partial charge on any atom is 0.248 e. The number of β-amino-alcohol motifs (C(OH)–C–C–N with tert-alkyl or cyclic N) is 1. The van der Waals surface area contributed by atoms with Crippen molar-refractivity contribution in [2.75, 3.05) is 25.5 Å². The first-order valence-electron chi connectivity index (χ1n) is 10.5. The number of anilines is 1. The van der Waals surface area contributed by atoms with Gasteiger partial charge in [-0.2, -0.15) is 0 Å². The Bertz CT molecular complexity index is 907. The predicted molar refractivity (Wildman–Crippen MR) is 117 cm³/mol. The number of nitrogens with one attached hydrogen (secondary N) is 1. The number of amides is 2. The number of carbonyl (C=O) groups excluding carboxylic acids is 2. The van der Waals surface area contributed by atoms with Crippen molar-refractivity contribution in [2.45, 2.75) is 51.9 Å². The van der Waals surface area contributed by atoms with Gasteiger partial charge in [0.05, 0.1) is 18.8 Å². The molecule has 1 aromatic carbocycles. The molecule has 1 aromatic heterocycles. The molecule has 0 saturated carbocycles. The minimum absolute atomic E-state index is 0.127. The molecule has 0 aliphatic carbocycles. The number of benzene rings is 1. The number of likely N-dealkylation sites (N-methyl/N-ethyl adjacent to an activating group) is 1. The van der Waals surface area contributed by atoms with E-state index in [9.17, 15) is 14.7 Å². The lowest BCUT2D eigenvalue weighted by Gasteiger charge is -2.34. The van der Waals surface area contributed by atoms with Gasteiger partial charge in [-0.1, -0.05) is 44.2 Å². The smallest absolute Gasteiger partial charge is 0.248 e. The van der Waals surface area contributed by atoms with Crippen LogP contribution < -0.4 is 10.2 Å². The summed E-state index contributed by atoms with van der Waals surface area (Å²) in [6.07, 6.45) is 1.29. The molecule has 0 spiro atoms. The van der Waals surface area contributed by atoms with E-state index in [1.54, 1.807) is 10.9 Å². The highest BCUT2D eigenvalue weighted by molar-refractivity contribution is 5.90. The first-order valence-corrected chi connectivity index (χ1v) is 10.5. The van der Waals surface area contributed by atoms with E-state index in [2.05, 4.69) is 20.5 Å². The van der Waals surface area contributed by atoms with Crippen molar-refractivity contribution in [1.29, 1.82) is 0 Å². The Balaban J connectivity index is 1.83. The van der Waals surface area contributed by atoms with Crippen LogP contribution in [0, 0.1) is 5.41 Å². The molecular formula is C22H32N6O3. The van der Waals surface area contributed by atoms with Crippen LogP contribution in [0.1, 0.15) is 38.9 Å². The van der Waals surface area contributed by atoms with Crippen LogP contribution in [-0.2, 0) is 16.1 Å². The molecule has 9 nitrogen and oxygen atoms in total. The van der Waals surface area contributed by atoms with E-state index in [0.29, 0.717) is 6.54 Å². The maximum atomic E-state index is 13.6. The zero-order valence-corrected chi connectivity index (χ0v) is 18.8. The number of likely N-dealkylation sites (tertiary alicyclic amines) is 1. The average Bonchev–Trinajstić information content (AvgIpc) is 3.33. The summed E-state index contributed by atoms with van der Waals surface area (Å²) in [5.74, 6) is -0.521. The minimum atomic E-state index is -0.724. The van der Waals surface area contributed by atoms with Crippen LogP contribution in [0.3, 0.4) is 0 Å². The molecule has 1 fully saturated rings. The van der Waals surface area contributed by atoms with E-state index in [1.165, 1.54) is 11.9 Å². The molecule has 9 heteroatoms. The van der Waals surface area contributed by atoms with E-state index < -0.39 is 23.6 Å². The van der Waals surface area contributed by atoms with Gasteiger partial charge in [-0.3, -0.25) is 9.59 Å². The molecule has 3 atom stereocenters. The summed E-state index contributed by atoms with van der Waals surface area (Å²) >= 11 is 0. The number of aliphatic hydroxyl groups is 1. The second-order valence-electron chi connectivity index (χ2n) is 9.16. The van der Waals surface area contributed by atoms with Crippen LogP contribution in [-0.4, -0.2) is 69.6 Å². The number of para-hydroxylation sites is 1. The number of nitrogens with zero attached hydrogens (tertiary/aromatic N) is 5. The second-order valence-corrected chi connectivity index (χ2v) is 9.16. The van der Waals surface area contributed by atoms with Crippen molar-refractivity contribution in [1.82, 2.24) is 25.2 Å². The maximum absolute atomic E-state index is 13.6. The normalized spacial score (nSPS) is 19.9. The Morgan fingerprint density at radius 2 is 1.97 bits per heavy atom. The number of rotatable bonds is 6. The van der Waals surface area contributed by atoms with E-state index in [1.807, 2.05) is 58.2 Å². The first-order chi connectivity index (χ1) is 14.6. The van der Waals surface area contributed by atoms with Gasteiger partial charge in [0.2, 0.25) is 11.8 Å². The van der Waals surface area contributed by atoms with Gasteiger partial charge in [0.1, 0.15) is 17.8 Å². The number of aromatic nitrogens is 3. The fraction of sp³-hybridized carbons (Fsp3) is 0.545. The van der Waals surface area contributed by atoms with Crippen LogP contribution in [0.2, 0.25) is 0 Å². The largest absolute Gasteiger partial charge is 0.391 e. The molecule has 1 aliphatic rings. The molecule has 2 amide bonds. The van der Waals surface area contributed by atoms with Gasteiger partial charge in [-0.05, 0) is 17.5 Å². The topological polar surface area (TPSA) is 104 Å². The van der Waals surface area contributed by atoms with E-state index in [-0.39, 0.29) is 24.8 Å². The minimum Gasteiger partial charge on any atom is -0.391 e.